The molecule has 0 aliphatic rings. The molecule has 0 aromatic carbocycles. The molecule has 1 heterocycles. The first-order chi connectivity index (χ1) is 8.15. The Morgan fingerprint density at radius 2 is 2.06 bits per heavy atom. The topological polar surface area (TPSA) is 112 Å². The lowest BCUT2D eigenvalue weighted by Gasteiger charge is -2.06. The summed E-state index contributed by atoms with van der Waals surface area (Å²) in [6, 6.07) is 0.117. The van der Waals surface area contributed by atoms with Crippen molar-refractivity contribution < 1.29 is 14.3 Å². The maximum atomic E-state index is 11.1. The fraction of sp³-hybridized carbons (Fsp3) is 0.556. The molecule has 0 unspecified atom stereocenters. The molecule has 0 saturated heterocycles. The van der Waals surface area contributed by atoms with Gasteiger partial charge in [-0.3, -0.25) is 4.79 Å². The third kappa shape index (κ3) is 4.49. The highest BCUT2D eigenvalue weighted by Gasteiger charge is 2.07. The van der Waals surface area contributed by atoms with Crippen LogP contribution in [0, 0.1) is 0 Å². The number of nitrogens with two attached hydrogens (primary N) is 1. The highest BCUT2D eigenvalue weighted by Crippen LogP contribution is 2.08. The van der Waals surface area contributed by atoms with E-state index >= 15 is 0 Å². The lowest BCUT2D eigenvalue weighted by atomic mass is 10.6. The predicted molar refractivity (Wildman–Crippen MR) is 60.5 cm³/mol. The van der Waals surface area contributed by atoms with Gasteiger partial charge in [0.1, 0.15) is 6.54 Å². The molecule has 0 saturated carbocycles. The molecule has 17 heavy (non-hydrogen) atoms. The molecule has 0 aliphatic heterocycles. The number of ether oxygens (including phenoxy) is 2. The van der Waals surface area contributed by atoms with Crippen molar-refractivity contribution in [2.24, 2.45) is 0 Å². The minimum absolute atomic E-state index is 0.0230. The Hall–Kier alpha value is -2.12. The fourth-order valence-corrected chi connectivity index (χ4v) is 1.01. The van der Waals surface area contributed by atoms with E-state index < -0.39 is 5.97 Å². The molecular formula is C9H15N5O3. The maximum absolute atomic E-state index is 11.1. The van der Waals surface area contributed by atoms with E-state index in [0.29, 0.717) is 13.2 Å². The Kier molecular flexibility index (Phi) is 4.92. The second-order valence-electron chi connectivity index (χ2n) is 2.89. The van der Waals surface area contributed by atoms with Gasteiger partial charge in [-0.2, -0.15) is 15.0 Å². The van der Waals surface area contributed by atoms with Crippen LogP contribution in [-0.2, 0) is 9.53 Å². The van der Waals surface area contributed by atoms with Crippen LogP contribution in [0.15, 0.2) is 0 Å². The van der Waals surface area contributed by atoms with Gasteiger partial charge in [-0.05, 0) is 13.8 Å². The molecule has 0 radical (unpaired) electrons. The zero-order valence-electron chi connectivity index (χ0n) is 9.77. The molecule has 8 nitrogen and oxygen atoms in total. The minimum Gasteiger partial charge on any atom is -0.465 e. The van der Waals surface area contributed by atoms with Gasteiger partial charge < -0.3 is 20.5 Å². The van der Waals surface area contributed by atoms with Crippen molar-refractivity contribution in [3.8, 4) is 6.01 Å². The van der Waals surface area contributed by atoms with E-state index in [1.807, 2.05) is 0 Å². The quantitative estimate of drug-likeness (QED) is 0.660. The Balaban J connectivity index is 2.61. The Bertz CT molecular complexity index is 385. The number of aromatic nitrogens is 3. The largest absolute Gasteiger partial charge is 0.465 e. The van der Waals surface area contributed by atoms with Gasteiger partial charge in [0.15, 0.2) is 0 Å². The van der Waals surface area contributed by atoms with Gasteiger partial charge >= 0.3 is 12.0 Å². The summed E-state index contributed by atoms with van der Waals surface area (Å²) in [5.41, 5.74) is 5.46. The number of carbonyl (C=O) groups excluding carboxylic acids is 1. The van der Waals surface area contributed by atoms with Gasteiger partial charge in [-0.1, -0.05) is 0 Å². The first-order valence-electron chi connectivity index (χ1n) is 5.19. The number of hydrogen-bond acceptors (Lipinski definition) is 8. The number of nitrogens with zero attached hydrogens (tertiary/aromatic N) is 3. The molecule has 1 aromatic rings. The number of rotatable bonds is 6. The van der Waals surface area contributed by atoms with Crippen molar-refractivity contribution in [1.29, 1.82) is 0 Å². The van der Waals surface area contributed by atoms with E-state index in [2.05, 4.69) is 20.3 Å². The maximum Gasteiger partial charge on any atom is 0.325 e. The van der Waals surface area contributed by atoms with Crippen molar-refractivity contribution >= 4 is 17.9 Å². The molecule has 3 N–H and O–H groups in total. The van der Waals surface area contributed by atoms with E-state index in [1.165, 1.54) is 0 Å². The highest BCUT2D eigenvalue weighted by atomic mass is 16.5. The van der Waals surface area contributed by atoms with Crippen molar-refractivity contribution in [1.82, 2.24) is 15.0 Å². The van der Waals surface area contributed by atoms with Crippen LogP contribution in [0.3, 0.4) is 0 Å². The molecule has 1 rings (SSSR count). The van der Waals surface area contributed by atoms with E-state index in [0.717, 1.165) is 0 Å². The number of nitrogens with one attached hydrogen (secondary N) is 1. The van der Waals surface area contributed by atoms with Crippen LogP contribution < -0.4 is 15.8 Å². The van der Waals surface area contributed by atoms with E-state index in [4.69, 9.17) is 15.2 Å². The smallest absolute Gasteiger partial charge is 0.325 e. The van der Waals surface area contributed by atoms with Gasteiger partial charge in [-0.15, -0.1) is 0 Å². The van der Waals surface area contributed by atoms with Crippen LogP contribution in [0.5, 0.6) is 6.01 Å². The van der Waals surface area contributed by atoms with Crippen molar-refractivity contribution in [2.75, 3.05) is 30.8 Å². The predicted octanol–water partition coefficient (Wildman–Crippen LogP) is -0.172. The summed E-state index contributed by atoms with van der Waals surface area (Å²) in [5, 5.41) is 2.67. The average Bonchev–Trinajstić information content (AvgIpc) is 2.26. The van der Waals surface area contributed by atoms with E-state index in [1.54, 1.807) is 13.8 Å². The van der Waals surface area contributed by atoms with Crippen molar-refractivity contribution in [2.45, 2.75) is 13.8 Å². The number of esters is 1. The summed E-state index contributed by atoms with van der Waals surface area (Å²) >= 11 is 0. The number of nitrogen functional groups attached to an aromatic ring is 1. The lowest BCUT2D eigenvalue weighted by molar-refractivity contribution is -0.140. The van der Waals surface area contributed by atoms with Crippen LogP contribution in [0.25, 0.3) is 0 Å². The third-order valence-electron chi connectivity index (χ3n) is 1.60. The molecular weight excluding hydrogens is 226 g/mol. The Morgan fingerprint density at radius 3 is 2.71 bits per heavy atom. The molecule has 0 bridgehead atoms. The van der Waals surface area contributed by atoms with Crippen LogP contribution in [-0.4, -0.2) is 40.7 Å². The average molecular weight is 241 g/mol. The summed E-state index contributed by atoms with van der Waals surface area (Å²) in [7, 11) is 0. The summed E-state index contributed by atoms with van der Waals surface area (Å²) in [5.74, 6) is -0.201. The molecule has 0 fully saturated rings. The highest BCUT2D eigenvalue weighted by molar-refractivity contribution is 5.74. The lowest BCUT2D eigenvalue weighted by Crippen LogP contribution is -2.18. The normalized spacial score (nSPS) is 9.76. The zero-order chi connectivity index (χ0) is 12.7. The summed E-state index contributed by atoms with van der Waals surface area (Å²) < 4.78 is 9.82. The SMILES string of the molecule is CCOC(=O)CNc1nc(N)nc(OCC)n1. The molecule has 0 atom stereocenters. The van der Waals surface area contributed by atoms with Crippen molar-refractivity contribution in [3.05, 3.63) is 0 Å². The van der Waals surface area contributed by atoms with Crippen LogP contribution in [0.2, 0.25) is 0 Å². The van der Waals surface area contributed by atoms with Crippen molar-refractivity contribution in [3.63, 3.8) is 0 Å². The Morgan fingerprint density at radius 1 is 1.29 bits per heavy atom. The van der Waals surface area contributed by atoms with E-state index in [-0.39, 0.29) is 24.5 Å². The van der Waals surface area contributed by atoms with Gasteiger partial charge in [0.2, 0.25) is 11.9 Å². The minimum atomic E-state index is -0.399. The van der Waals surface area contributed by atoms with Gasteiger partial charge in [0.05, 0.1) is 13.2 Å². The summed E-state index contributed by atoms with van der Waals surface area (Å²) in [6.07, 6.45) is 0. The fourth-order valence-electron chi connectivity index (χ4n) is 1.01. The monoisotopic (exact) mass is 241 g/mol. The third-order valence-corrected chi connectivity index (χ3v) is 1.60. The second kappa shape index (κ2) is 6.46. The molecule has 8 heteroatoms. The summed E-state index contributed by atoms with van der Waals surface area (Å²) in [4.78, 5) is 22.6. The molecule has 0 aliphatic carbocycles. The standard InChI is InChI=1S/C9H15N5O3/c1-3-16-6(15)5-11-8-12-7(10)13-9(14-8)17-4-2/h3-5H2,1-2H3,(H3,10,11,12,13,14). The molecule has 0 amide bonds. The molecule has 0 spiro atoms. The van der Waals surface area contributed by atoms with Crippen LogP contribution in [0.1, 0.15) is 13.8 Å². The molecule has 94 valence electrons. The second-order valence-corrected chi connectivity index (χ2v) is 2.89. The van der Waals surface area contributed by atoms with Crippen LogP contribution >= 0.6 is 0 Å². The number of anilines is 2. The van der Waals surface area contributed by atoms with Gasteiger partial charge in [0.25, 0.3) is 0 Å². The summed E-state index contributed by atoms with van der Waals surface area (Å²) in [6.45, 7) is 4.23. The number of carbonyl (C=O) groups is 1. The van der Waals surface area contributed by atoms with Gasteiger partial charge in [-0.25, -0.2) is 0 Å². The molecule has 1 aromatic heterocycles. The Labute approximate surface area is 98.6 Å². The number of hydrogen-bond donors (Lipinski definition) is 2. The zero-order valence-corrected chi connectivity index (χ0v) is 9.77. The van der Waals surface area contributed by atoms with E-state index in [9.17, 15) is 4.79 Å². The van der Waals surface area contributed by atoms with Crippen LogP contribution in [0.4, 0.5) is 11.9 Å². The van der Waals surface area contributed by atoms with Gasteiger partial charge in [0, 0.05) is 0 Å². The first-order valence-corrected chi connectivity index (χ1v) is 5.19. The first kappa shape index (κ1) is 12.9.